The molecule has 0 aromatic carbocycles. The third-order valence-corrected chi connectivity index (χ3v) is 2.13. The molecule has 0 fully saturated rings. The second-order valence-corrected chi connectivity index (χ2v) is 3.83. The molecule has 0 unspecified atom stereocenters. The molecule has 0 atom stereocenters. The largest absolute Gasteiger partial charge is 0.490 e. The second-order valence-electron chi connectivity index (χ2n) is 3.83. The van der Waals surface area contributed by atoms with Crippen LogP contribution in [-0.4, -0.2) is 27.5 Å². The van der Waals surface area contributed by atoms with Crippen LogP contribution in [-0.2, 0) is 10.3 Å². The van der Waals surface area contributed by atoms with Crippen molar-refractivity contribution in [2.45, 2.75) is 32.7 Å². The summed E-state index contributed by atoms with van der Waals surface area (Å²) in [4.78, 5) is 10.9. The molecule has 1 N–H and O–H groups in total. The number of carbonyl (C=O) groups is 1. The molecule has 84 valence electrons. The standard InChI is InChI=1S/C10H16N2O3/c1-4-5-15-8-6-11-12(7-8)10(2,3)9(13)14/h6-7H,4-5H2,1-3H3,(H,13,14). The van der Waals surface area contributed by atoms with Crippen LogP contribution in [0.3, 0.4) is 0 Å². The van der Waals surface area contributed by atoms with E-state index in [4.69, 9.17) is 9.84 Å². The zero-order chi connectivity index (χ0) is 11.5. The summed E-state index contributed by atoms with van der Waals surface area (Å²) in [6, 6.07) is 0. The molecule has 5 heteroatoms. The lowest BCUT2D eigenvalue weighted by molar-refractivity contribution is -0.146. The monoisotopic (exact) mass is 212 g/mol. The zero-order valence-corrected chi connectivity index (χ0v) is 9.23. The van der Waals surface area contributed by atoms with Gasteiger partial charge in [0.2, 0.25) is 0 Å². The number of hydrogen-bond donors (Lipinski definition) is 1. The summed E-state index contributed by atoms with van der Waals surface area (Å²) in [5.41, 5.74) is -1.05. The fraction of sp³-hybridized carbons (Fsp3) is 0.600. The van der Waals surface area contributed by atoms with Crippen molar-refractivity contribution in [3.8, 4) is 5.75 Å². The van der Waals surface area contributed by atoms with Crippen LogP contribution in [0.2, 0.25) is 0 Å². The fourth-order valence-electron chi connectivity index (χ4n) is 1.00. The van der Waals surface area contributed by atoms with Crippen molar-refractivity contribution >= 4 is 5.97 Å². The number of carboxylic acid groups (broad SMARTS) is 1. The number of ether oxygens (including phenoxy) is 1. The molecule has 1 aromatic heterocycles. The summed E-state index contributed by atoms with van der Waals surface area (Å²) >= 11 is 0. The summed E-state index contributed by atoms with van der Waals surface area (Å²) in [6.07, 6.45) is 4.04. The topological polar surface area (TPSA) is 64.4 Å². The lowest BCUT2D eigenvalue weighted by atomic mass is 10.1. The van der Waals surface area contributed by atoms with Gasteiger partial charge in [-0.3, -0.25) is 4.68 Å². The van der Waals surface area contributed by atoms with E-state index < -0.39 is 11.5 Å². The van der Waals surface area contributed by atoms with Gasteiger partial charge >= 0.3 is 5.97 Å². The summed E-state index contributed by atoms with van der Waals surface area (Å²) in [7, 11) is 0. The number of carboxylic acids is 1. The molecule has 0 aliphatic rings. The van der Waals surface area contributed by atoms with Crippen molar-refractivity contribution in [3.63, 3.8) is 0 Å². The Morgan fingerprint density at radius 2 is 2.33 bits per heavy atom. The number of rotatable bonds is 5. The van der Waals surface area contributed by atoms with Gasteiger partial charge < -0.3 is 9.84 Å². The molecule has 0 saturated carbocycles. The summed E-state index contributed by atoms with van der Waals surface area (Å²) in [5, 5.41) is 13.0. The fourth-order valence-corrected chi connectivity index (χ4v) is 1.00. The predicted molar refractivity (Wildman–Crippen MR) is 55.0 cm³/mol. The van der Waals surface area contributed by atoms with Gasteiger partial charge in [0.15, 0.2) is 11.3 Å². The molecule has 1 aromatic rings. The number of aliphatic carboxylic acids is 1. The van der Waals surface area contributed by atoms with Crippen LogP contribution in [0.4, 0.5) is 0 Å². The summed E-state index contributed by atoms with van der Waals surface area (Å²) < 4.78 is 6.72. The quantitative estimate of drug-likeness (QED) is 0.803. The molecule has 0 spiro atoms. The average Bonchev–Trinajstić information content (AvgIpc) is 2.63. The SMILES string of the molecule is CCCOc1cnn(C(C)(C)C(=O)O)c1. The molecule has 1 rings (SSSR count). The van der Waals surface area contributed by atoms with E-state index >= 15 is 0 Å². The third kappa shape index (κ3) is 2.49. The highest BCUT2D eigenvalue weighted by atomic mass is 16.5. The maximum Gasteiger partial charge on any atom is 0.331 e. The number of nitrogens with zero attached hydrogens (tertiary/aromatic N) is 2. The van der Waals surface area contributed by atoms with Crippen LogP contribution >= 0.6 is 0 Å². The molecule has 1 heterocycles. The van der Waals surface area contributed by atoms with Crippen molar-refractivity contribution in [1.29, 1.82) is 0 Å². The third-order valence-electron chi connectivity index (χ3n) is 2.13. The first-order valence-electron chi connectivity index (χ1n) is 4.89. The maximum absolute atomic E-state index is 10.9. The molecule has 15 heavy (non-hydrogen) atoms. The van der Waals surface area contributed by atoms with Crippen molar-refractivity contribution in [2.24, 2.45) is 0 Å². The van der Waals surface area contributed by atoms with Crippen LogP contribution in [0, 0.1) is 0 Å². The van der Waals surface area contributed by atoms with E-state index in [-0.39, 0.29) is 0 Å². The van der Waals surface area contributed by atoms with Gasteiger partial charge in [0.1, 0.15) is 0 Å². The number of hydrogen-bond acceptors (Lipinski definition) is 3. The maximum atomic E-state index is 10.9. The Morgan fingerprint density at radius 3 is 2.87 bits per heavy atom. The van der Waals surface area contributed by atoms with Crippen LogP contribution in [0.15, 0.2) is 12.4 Å². The van der Waals surface area contributed by atoms with Crippen LogP contribution < -0.4 is 4.74 Å². The van der Waals surface area contributed by atoms with Crippen LogP contribution in [0.1, 0.15) is 27.2 Å². The normalized spacial score (nSPS) is 11.4. The Morgan fingerprint density at radius 1 is 1.67 bits per heavy atom. The highest BCUT2D eigenvalue weighted by molar-refractivity contribution is 5.75. The van der Waals surface area contributed by atoms with Gasteiger partial charge in [-0.25, -0.2) is 4.79 Å². The van der Waals surface area contributed by atoms with Gasteiger partial charge in [-0.1, -0.05) is 6.92 Å². The van der Waals surface area contributed by atoms with Gasteiger partial charge in [0.05, 0.1) is 19.0 Å². The lowest BCUT2D eigenvalue weighted by Gasteiger charge is -2.19. The minimum Gasteiger partial charge on any atom is -0.490 e. The van der Waals surface area contributed by atoms with E-state index in [1.165, 1.54) is 10.9 Å². The van der Waals surface area contributed by atoms with E-state index in [0.29, 0.717) is 12.4 Å². The smallest absolute Gasteiger partial charge is 0.331 e. The van der Waals surface area contributed by atoms with Crippen molar-refractivity contribution in [1.82, 2.24) is 9.78 Å². The van der Waals surface area contributed by atoms with E-state index in [9.17, 15) is 4.79 Å². The van der Waals surface area contributed by atoms with Crippen molar-refractivity contribution in [2.75, 3.05) is 6.61 Å². The first-order chi connectivity index (χ1) is 6.98. The van der Waals surface area contributed by atoms with Gasteiger partial charge in [0, 0.05) is 0 Å². The molecule has 0 amide bonds. The second kappa shape index (κ2) is 4.33. The van der Waals surface area contributed by atoms with E-state index in [0.717, 1.165) is 6.42 Å². The van der Waals surface area contributed by atoms with E-state index in [2.05, 4.69) is 5.10 Å². The van der Waals surface area contributed by atoms with E-state index in [1.807, 2.05) is 6.92 Å². The first kappa shape index (κ1) is 11.6. The molecule has 5 nitrogen and oxygen atoms in total. The Labute approximate surface area is 88.7 Å². The Hall–Kier alpha value is -1.52. The average molecular weight is 212 g/mol. The summed E-state index contributed by atoms with van der Waals surface area (Å²) in [5.74, 6) is -0.321. The molecule has 0 bridgehead atoms. The molecule has 0 saturated heterocycles. The minimum atomic E-state index is -1.05. The predicted octanol–water partition coefficient (Wildman–Crippen LogP) is 1.49. The Bertz CT molecular complexity index is 344. The first-order valence-corrected chi connectivity index (χ1v) is 4.89. The van der Waals surface area contributed by atoms with Gasteiger partial charge in [-0.15, -0.1) is 0 Å². The van der Waals surface area contributed by atoms with Crippen LogP contribution in [0.25, 0.3) is 0 Å². The van der Waals surface area contributed by atoms with Gasteiger partial charge in [-0.05, 0) is 20.3 Å². The Balaban J connectivity index is 2.79. The van der Waals surface area contributed by atoms with Gasteiger partial charge in [0.25, 0.3) is 0 Å². The molecule has 0 radical (unpaired) electrons. The highest BCUT2D eigenvalue weighted by Crippen LogP contribution is 2.18. The zero-order valence-electron chi connectivity index (χ0n) is 9.23. The highest BCUT2D eigenvalue weighted by Gasteiger charge is 2.30. The molecular formula is C10H16N2O3. The minimum absolute atomic E-state index is 0.603. The molecule has 0 aliphatic heterocycles. The van der Waals surface area contributed by atoms with E-state index in [1.54, 1.807) is 20.0 Å². The Kier molecular flexibility index (Phi) is 3.34. The van der Waals surface area contributed by atoms with Crippen molar-refractivity contribution < 1.29 is 14.6 Å². The van der Waals surface area contributed by atoms with Crippen molar-refractivity contribution in [3.05, 3.63) is 12.4 Å². The van der Waals surface area contributed by atoms with Crippen LogP contribution in [0.5, 0.6) is 5.75 Å². The van der Waals surface area contributed by atoms with Gasteiger partial charge in [-0.2, -0.15) is 5.10 Å². The summed E-state index contributed by atoms with van der Waals surface area (Å²) in [6.45, 7) is 5.79. The lowest BCUT2D eigenvalue weighted by Crippen LogP contribution is -2.35. The molecule has 0 aliphatic carbocycles. The molecular weight excluding hydrogens is 196 g/mol. The number of aromatic nitrogens is 2.